The normalized spacial score (nSPS) is 11.4. The predicted octanol–water partition coefficient (Wildman–Crippen LogP) is 2.57. The monoisotopic (exact) mass is 269 g/mol. The van der Waals surface area contributed by atoms with Crippen LogP contribution in [-0.4, -0.2) is 30.3 Å². The minimum Gasteiger partial charge on any atom is -0.462 e. The number of alkyl halides is 3. The van der Waals surface area contributed by atoms with Gasteiger partial charge in [-0.05, 0) is 13.8 Å². The molecule has 1 heterocycles. The summed E-state index contributed by atoms with van der Waals surface area (Å²) in [5.74, 6) is -0.607. The van der Waals surface area contributed by atoms with Crippen LogP contribution in [0.25, 0.3) is 0 Å². The zero-order chi connectivity index (χ0) is 13.1. The number of hydrogen-bond acceptors (Lipinski definition) is 5. The van der Waals surface area contributed by atoms with E-state index >= 15 is 0 Å². The number of thiazole rings is 1. The number of aromatic nitrogens is 1. The van der Waals surface area contributed by atoms with Gasteiger partial charge < -0.3 is 9.47 Å². The third-order valence-electron chi connectivity index (χ3n) is 1.60. The molecule has 17 heavy (non-hydrogen) atoms. The van der Waals surface area contributed by atoms with Crippen molar-refractivity contribution in [3.8, 4) is 5.19 Å². The standard InChI is InChI=1S/C9H10F3NO3S/c1-3-15-7(14)6-5(2)13-8(17-6)16-4-9(10,11)12/h3-4H2,1-2H3. The largest absolute Gasteiger partial charge is 0.462 e. The molecule has 0 fully saturated rings. The van der Waals surface area contributed by atoms with Crippen molar-refractivity contribution < 1.29 is 27.4 Å². The van der Waals surface area contributed by atoms with E-state index in [9.17, 15) is 18.0 Å². The molecule has 0 saturated carbocycles. The Bertz CT molecular complexity index is 403. The molecule has 96 valence electrons. The second-order valence-electron chi connectivity index (χ2n) is 3.02. The van der Waals surface area contributed by atoms with E-state index in [2.05, 4.69) is 9.72 Å². The van der Waals surface area contributed by atoms with Crippen molar-refractivity contribution in [3.63, 3.8) is 0 Å². The molecule has 0 aliphatic rings. The van der Waals surface area contributed by atoms with Crippen LogP contribution in [0.1, 0.15) is 22.3 Å². The van der Waals surface area contributed by atoms with E-state index in [0.29, 0.717) is 5.69 Å². The molecule has 0 amide bonds. The van der Waals surface area contributed by atoms with E-state index in [0.717, 1.165) is 11.3 Å². The van der Waals surface area contributed by atoms with Crippen LogP contribution in [0, 0.1) is 6.92 Å². The van der Waals surface area contributed by atoms with Gasteiger partial charge in [0, 0.05) is 0 Å². The molecule has 0 saturated heterocycles. The molecule has 0 atom stereocenters. The fraction of sp³-hybridized carbons (Fsp3) is 0.556. The first kappa shape index (κ1) is 13.8. The summed E-state index contributed by atoms with van der Waals surface area (Å²) in [6.07, 6.45) is -4.43. The van der Waals surface area contributed by atoms with Crippen LogP contribution in [0.3, 0.4) is 0 Å². The zero-order valence-electron chi connectivity index (χ0n) is 9.13. The van der Waals surface area contributed by atoms with Crippen LogP contribution in [0.2, 0.25) is 0 Å². The first-order chi connectivity index (χ1) is 7.83. The third-order valence-corrected chi connectivity index (χ3v) is 2.65. The van der Waals surface area contributed by atoms with Gasteiger partial charge in [0.25, 0.3) is 5.19 Å². The minimum absolute atomic E-state index is 0.157. The summed E-state index contributed by atoms with van der Waals surface area (Å²) in [7, 11) is 0. The highest BCUT2D eigenvalue weighted by Crippen LogP contribution is 2.27. The molecule has 8 heteroatoms. The number of carbonyl (C=O) groups excluding carboxylic acids is 1. The van der Waals surface area contributed by atoms with Crippen LogP contribution in [0.4, 0.5) is 13.2 Å². The van der Waals surface area contributed by atoms with Gasteiger partial charge in [0.1, 0.15) is 4.88 Å². The Labute approximate surface area is 99.4 Å². The Hall–Kier alpha value is -1.31. The molecule has 0 spiro atoms. The van der Waals surface area contributed by atoms with Gasteiger partial charge in [-0.25, -0.2) is 9.78 Å². The Morgan fingerprint density at radius 2 is 2.12 bits per heavy atom. The van der Waals surface area contributed by atoms with Gasteiger partial charge in [0.2, 0.25) is 0 Å². The summed E-state index contributed by atoms with van der Waals surface area (Å²) in [4.78, 5) is 15.2. The molecule has 1 rings (SSSR count). The number of nitrogens with zero attached hydrogens (tertiary/aromatic N) is 1. The lowest BCUT2D eigenvalue weighted by atomic mass is 10.4. The fourth-order valence-corrected chi connectivity index (χ4v) is 1.77. The quantitative estimate of drug-likeness (QED) is 0.788. The third kappa shape index (κ3) is 4.22. The van der Waals surface area contributed by atoms with Gasteiger partial charge in [-0.3, -0.25) is 0 Å². The van der Waals surface area contributed by atoms with E-state index in [1.54, 1.807) is 6.92 Å². The highest BCUT2D eigenvalue weighted by atomic mass is 32.1. The van der Waals surface area contributed by atoms with Crippen molar-refractivity contribution in [3.05, 3.63) is 10.6 Å². The van der Waals surface area contributed by atoms with Crippen LogP contribution < -0.4 is 4.74 Å². The van der Waals surface area contributed by atoms with Gasteiger partial charge in [-0.15, -0.1) is 0 Å². The lowest BCUT2D eigenvalue weighted by Gasteiger charge is -2.05. The lowest BCUT2D eigenvalue weighted by molar-refractivity contribution is -0.153. The van der Waals surface area contributed by atoms with E-state index in [1.165, 1.54) is 6.92 Å². The van der Waals surface area contributed by atoms with E-state index < -0.39 is 18.8 Å². The SMILES string of the molecule is CCOC(=O)c1sc(OCC(F)(F)F)nc1C. The van der Waals surface area contributed by atoms with Gasteiger partial charge in [-0.2, -0.15) is 13.2 Å². The van der Waals surface area contributed by atoms with E-state index in [4.69, 9.17) is 4.74 Å². The molecule has 1 aromatic rings. The number of rotatable bonds is 4. The zero-order valence-corrected chi connectivity index (χ0v) is 9.94. The number of ether oxygens (including phenoxy) is 2. The van der Waals surface area contributed by atoms with Crippen LogP contribution >= 0.6 is 11.3 Å². The fourth-order valence-electron chi connectivity index (χ4n) is 0.963. The minimum atomic E-state index is -4.43. The van der Waals surface area contributed by atoms with Crippen molar-refractivity contribution >= 4 is 17.3 Å². The van der Waals surface area contributed by atoms with Crippen LogP contribution in [0.15, 0.2) is 0 Å². The van der Waals surface area contributed by atoms with Crippen LogP contribution in [0.5, 0.6) is 5.19 Å². The van der Waals surface area contributed by atoms with Crippen LogP contribution in [-0.2, 0) is 4.74 Å². The number of esters is 1. The molecule has 0 radical (unpaired) electrons. The van der Waals surface area contributed by atoms with Gasteiger partial charge in [0.05, 0.1) is 12.3 Å². The molecule has 1 aromatic heterocycles. The Balaban J connectivity index is 2.71. The van der Waals surface area contributed by atoms with E-state index in [1.807, 2.05) is 0 Å². The lowest BCUT2D eigenvalue weighted by Crippen LogP contribution is -2.19. The average Bonchev–Trinajstić information content (AvgIpc) is 2.56. The average molecular weight is 269 g/mol. The Kier molecular flexibility index (Phi) is 4.33. The first-order valence-electron chi connectivity index (χ1n) is 4.67. The predicted molar refractivity (Wildman–Crippen MR) is 54.4 cm³/mol. The molecular formula is C9H10F3NO3S. The molecular weight excluding hydrogens is 259 g/mol. The summed E-state index contributed by atoms with van der Waals surface area (Å²) >= 11 is 0.740. The van der Waals surface area contributed by atoms with Crippen molar-refractivity contribution in [2.75, 3.05) is 13.2 Å². The van der Waals surface area contributed by atoms with Gasteiger partial charge in [-0.1, -0.05) is 11.3 Å². The Morgan fingerprint density at radius 3 is 2.65 bits per heavy atom. The molecule has 0 aromatic carbocycles. The van der Waals surface area contributed by atoms with Gasteiger partial charge >= 0.3 is 12.1 Å². The number of aryl methyl sites for hydroxylation is 1. The van der Waals surface area contributed by atoms with Gasteiger partial charge in [0.15, 0.2) is 6.61 Å². The maximum absolute atomic E-state index is 11.9. The molecule has 0 unspecified atom stereocenters. The summed E-state index contributed by atoms with van der Waals surface area (Å²) < 4.78 is 44.8. The molecule has 4 nitrogen and oxygen atoms in total. The summed E-state index contributed by atoms with van der Waals surface area (Å²) in [6, 6.07) is 0. The highest BCUT2D eigenvalue weighted by molar-refractivity contribution is 7.15. The maximum atomic E-state index is 11.9. The van der Waals surface area contributed by atoms with Crippen molar-refractivity contribution in [2.45, 2.75) is 20.0 Å². The number of carbonyl (C=O) groups is 1. The smallest absolute Gasteiger partial charge is 0.422 e. The van der Waals surface area contributed by atoms with Crippen molar-refractivity contribution in [1.82, 2.24) is 4.98 Å². The Morgan fingerprint density at radius 1 is 1.47 bits per heavy atom. The summed E-state index contributed by atoms with van der Waals surface area (Å²) in [6.45, 7) is 1.90. The summed E-state index contributed by atoms with van der Waals surface area (Å²) in [5.41, 5.74) is 0.297. The topological polar surface area (TPSA) is 48.4 Å². The molecule has 0 aliphatic heterocycles. The second-order valence-corrected chi connectivity index (χ2v) is 3.98. The summed E-state index contributed by atoms with van der Waals surface area (Å²) in [5, 5.41) is -0.192. The van der Waals surface area contributed by atoms with Crippen molar-refractivity contribution in [2.24, 2.45) is 0 Å². The van der Waals surface area contributed by atoms with Crippen molar-refractivity contribution in [1.29, 1.82) is 0 Å². The highest BCUT2D eigenvalue weighted by Gasteiger charge is 2.29. The van der Waals surface area contributed by atoms with E-state index in [-0.39, 0.29) is 16.7 Å². The molecule has 0 N–H and O–H groups in total. The molecule has 0 bridgehead atoms. The maximum Gasteiger partial charge on any atom is 0.422 e. The second kappa shape index (κ2) is 5.35. The number of hydrogen-bond donors (Lipinski definition) is 0. The first-order valence-corrected chi connectivity index (χ1v) is 5.49. The molecule has 0 aliphatic carbocycles. The number of halogens is 3.